The van der Waals surface area contributed by atoms with Crippen LogP contribution in [0, 0.1) is 0 Å². The largest absolute Gasteiger partial charge is 0.459 e. The molecule has 9 heteroatoms. The second-order valence-corrected chi connectivity index (χ2v) is 12.5. The molecule has 1 aliphatic heterocycles. The monoisotopic (exact) mass is 629 g/mol. The fraction of sp³-hybridized carbons (Fsp3) is 0.722. The molecule has 1 saturated heterocycles. The lowest BCUT2D eigenvalue weighted by atomic mass is 10.0. The Labute approximate surface area is 271 Å². The van der Waals surface area contributed by atoms with Crippen molar-refractivity contribution in [3.8, 4) is 0 Å². The minimum Gasteiger partial charge on any atom is -0.459 e. The smallest absolute Gasteiger partial charge is 0.414 e. The zero-order valence-corrected chi connectivity index (χ0v) is 28.3. The average molecular weight is 630 g/mol. The molecule has 254 valence electrons. The highest BCUT2D eigenvalue weighted by Gasteiger charge is 2.23. The predicted octanol–water partition coefficient (Wildman–Crippen LogP) is 9.39. The number of amides is 4. The number of esters is 1. The van der Waals surface area contributed by atoms with Crippen molar-refractivity contribution >= 4 is 35.4 Å². The number of likely N-dealkylation sites (tertiary alicyclic amines) is 1. The second kappa shape index (κ2) is 23.3. The van der Waals surface area contributed by atoms with Crippen LogP contribution in [0.2, 0.25) is 0 Å². The number of urea groups is 1. The van der Waals surface area contributed by atoms with Gasteiger partial charge in [0.1, 0.15) is 12.7 Å². The maximum Gasteiger partial charge on any atom is 0.414 e. The summed E-state index contributed by atoms with van der Waals surface area (Å²) >= 11 is 0. The second-order valence-electron chi connectivity index (χ2n) is 12.5. The van der Waals surface area contributed by atoms with E-state index < -0.39 is 18.2 Å². The molecule has 1 unspecified atom stereocenters. The van der Waals surface area contributed by atoms with E-state index in [1.165, 1.54) is 86.8 Å². The number of nitrogens with one attached hydrogen (secondary N) is 1. The summed E-state index contributed by atoms with van der Waals surface area (Å²) < 4.78 is 10.8. The molecule has 0 radical (unpaired) electrons. The average Bonchev–Trinajstić information content (AvgIpc) is 3.25. The van der Waals surface area contributed by atoms with E-state index in [-0.39, 0.29) is 18.5 Å². The van der Waals surface area contributed by atoms with Gasteiger partial charge in [-0.2, -0.15) is 0 Å². The van der Waals surface area contributed by atoms with Crippen LogP contribution in [0.15, 0.2) is 24.3 Å². The van der Waals surface area contributed by atoms with Crippen LogP contribution in [0.4, 0.5) is 21.0 Å². The molecule has 1 aliphatic rings. The van der Waals surface area contributed by atoms with Gasteiger partial charge in [0.25, 0.3) is 0 Å². The fourth-order valence-electron chi connectivity index (χ4n) is 5.53. The Morgan fingerprint density at radius 1 is 0.867 bits per heavy atom. The maximum absolute atomic E-state index is 12.7. The Kier molecular flexibility index (Phi) is 19.7. The molecule has 1 heterocycles. The summed E-state index contributed by atoms with van der Waals surface area (Å²) in [6, 6.07) is 6.30. The van der Waals surface area contributed by atoms with Gasteiger partial charge in [-0.3, -0.25) is 19.4 Å². The van der Waals surface area contributed by atoms with Crippen LogP contribution in [0.1, 0.15) is 142 Å². The number of unbranched alkanes of at least 4 members (excludes halogenated alkanes) is 14. The molecule has 1 aromatic rings. The molecule has 0 saturated carbocycles. The topological polar surface area (TPSA) is 105 Å². The van der Waals surface area contributed by atoms with Crippen molar-refractivity contribution in [2.24, 2.45) is 0 Å². The molecule has 1 N–H and O–H groups in total. The number of rotatable bonds is 21. The predicted molar refractivity (Wildman–Crippen MR) is 180 cm³/mol. The summed E-state index contributed by atoms with van der Waals surface area (Å²) in [4.78, 5) is 52.3. The van der Waals surface area contributed by atoms with Gasteiger partial charge in [0.2, 0.25) is 5.91 Å². The van der Waals surface area contributed by atoms with Gasteiger partial charge in [-0.25, -0.2) is 9.59 Å². The third-order valence-corrected chi connectivity index (χ3v) is 8.34. The number of benzene rings is 1. The van der Waals surface area contributed by atoms with E-state index in [9.17, 15) is 19.2 Å². The Hall–Kier alpha value is -3.10. The third-order valence-electron chi connectivity index (χ3n) is 8.34. The summed E-state index contributed by atoms with van der Waals surface area (Å²) in [6.45, 7) is 4.32. The number of hydrogen-bond donors (Lipinski definition) is 1. The minimum absolute atomic E-state index is 0.0543. The molecule has 0 aromatic heterocycles. The number of anilines is 2. The van der Waals surface area contributed by atoms with Crippen molar-refractivity contribution in [1.82, 2.24) is 4.90 Å². The Morgan fingerprint density at radius 2 is 1.47 bits per heavy atom. The Morgan fingerprint density at radius 3 is 2.09 bits per heavy atom. The van der Waals surface area contributed by atoms with E-state index >= 15 is 0 Å². The van der Waals surface area contributed by atoms with Gasteiger partial charge in [0, 0.05) is 37.8 Å². The molecule has 1 fully saturated rings. The number of imide groups is 1. The molecule has 0 bridgehead atoms. The molecule has 4 amide bonds. The van der Waals surface area contributed by atoms with Crippen molar-refractivity contribution < 1.29 is 28.7 Å². The van der Waals surface area contributed by atoms with Gasteiger partial charge in [0.15, 0.2) is 0 Å². The highest BCUT2D eigenvalue weighted by molar-refractivity contribution is 6.01. The van der Waals surface area contributed by atoms with Crippen molar-refractivity contribution in [2.75, 3.05) is 30.4 Å². The van der Waals surface area contributed by atoms with Crippen LogP contribution in [-0.2, 0) is 19.1 Å². The molecule has 2 rings (SSSR count). The quantitative estimate of drug-likeness (QED) is 0.107. The maximum atomic E-state index is 12.7. The Balaban J connectivity index is 1.54. The van der Waals surface area contributed by atoms with Gasteiger partial charge in [-0.15, -0.1) is 0 Å². The van der Waals surface area contributed by atoms with E-state index in [0.717, 1.165) is 38.5 Å². The molecule has 1 atom stereocenters. The number of carbonyl (C=O) groups is 4. The first-order chi connectivity index (χ1) is 21.8. The normalized spacial score (nSPS) is 14.0. The molecule has 0 aliphatic carbocycles. The summed E-state index contributed by atoms with van der Waals surface area (Å²) in [6.07, 6.45) is 21.2. The van der Waals surface area contributed by atoms with Crippen molar-refractivity contribution in [2.45, 2.75) is 148 Å². The van der Waals surface area contributed by atoms with Crippen LogP contribution in [0.5, 0.6) is 0 Å². The standard InChI is InChI=1S/C36H59N3O6/c1-4-5-6-7-8-9-10-11-12-13-14-15-16-17-20-26-34(41)45-30(2)29-44-36(43)38(3)32-24-22-23-31(28-32)37-35(42)39-27-21-18-19-25-33(39)40/h22-24,28,30H,4-21,25-27,29H2,1-3H3,(H,37,42). The number of nitrogens with zero attached hydrogens (tertiary/aromatic N) is 2. The van der Waals surface area contributed by atoms with Crippen LogP contribution < -0.4 is 10.2 Å². The van der Waals surface area contributed by atoms with E-state index in [1.807, 2.05) is 0 Å². The van der Waals surface area contributed by atoms with Crippen LogP contribution in [0.3, 0.4) is 0 Å². The van der Waals surface area contributed by atoms with E-state index in [0.29, 0.717) is 30.8 Å². The van der Waals surface area contributed by atoms with Gasteiger partial charge in [0.05, 0.1) is 0 Å². The van der Waals surface area contributed by atoms with Gasteiger partial charge in [-0.1, -0.05) is 109 Å². The Bertz CT molecular complexity index is 1020. The molecular weight excluding hydrogens is 570 g/mol. The van der Waals surface area contributed by atoms with Gasteiger partial charge < -0.3 is 14.8 Å². The van der Waals surface area contributed by atoms with E-state index in [1.54, 1.807) is 38.2 Å². The highest BCUT2D eigenvalue weighted by Crippen LogP contribution is 2.21. The van der Waals surface area contributed by atoms with Crippen LogP contribution >= 0.6 is 0 Å². The van der Waals surface area contributed by atoms with Crippen molar-refractivity contribution in [1.29, 1.82) is 0 Å². The molecule has 0 spiro atoms. The first kappa shape index (κ1) is 38.1. The first-order valence-electron chi connectivity index (χ1n) is 17.6. The summed E-state index contributed by atoms with van der Waals surface area (Å²) in [5.74, 6) is -0.445. The summed E-state index contributed by atoms with van der Waals surface area (Å²) in [7, 11) is 1.56. The molecular formula is C36H59N3O6. The lowest BCUT2D eigenvalue weighted by Gasteiger charge is -2.21. The van der Waals surface area contributed by atoms with Crippen molar-refractivity contribution in [3.05, 3.63) is 24.3 Å². The number of hydrogen-bond acceptors (Lipinski definition) is 6. The van der Waals surface area contributed by atoms with Gasteiger partial charge >= 0.3 is 18.1 Å². The fourth-order valence-corrected chi connectivity index (χ4v) is 5.53. The molecule has 45 heavy (non-hydrogen) atoms. The SMILES string of the molecule is CCCCCCCCCCCCCCCCCC(=O)OC(C)COC(=O)N(C)c1cccc(NC(=O)N2CCCCCC2=O)c1. The summed E-state index contributed by atoms with van der Waals surface area (Å²) in [5.41, 5.74) is 0.980. The van der Waals surface area contributed by atoms with E-state index in [4.69, 9.17) is 9.47 Å². The lowest BCUT2D eigenvalue weighted by Crippen LogP contribution is -2.39. The summed E-state index contributed by atoms with van der Waals surface area (Å²) in [5, 5.41) is 2.75. The van der Waals surface area contributed by atoms with E-state index in [2.05, 4.69) is 12.2 Å². The van der Waals surface area contributed by atoms with Gasteiger partial charge in [-0.05, 0) is 44.4 Å². The van der Waals surface area contributed by atoms with Crippen molar-refractivity contribution in [3.63, 3.8) is 0 Å². The molecule has 1 aromatic carbocycles. The highest BCUT2D eigenvalue weighted by atomic mass is 16.6. The zero-order chi connectivity index (χ0) is 32.7. The first-order valence-corrected chi connectivity index (χ1v) is 17.6. The van der Waals surface area contributed by atoms with Crippen LogP contribution in [0.25, 0.3) is 0 Å². The number of ether oxygens (including phenoxy) is 2. The molecule has 9 nitrogen and oxygen atoms in total. The number of carbonyl (C=O) groups excluding carboxylic acids is 4. The lowest BCUT2D eigenvalue weighted by molar-refractivity contribution is -0.150. The van der Waals surface area contributed by atoms with Crippen LogP contribution in [-0.4, -0.2) is 55.2 Å². The third kappa shape index (κ3) is 16.7. The zero-order valence-electron chi connectivity index (χ0n) is 28.3. The minimum atomic E-state index is -0.605.